The maximum absolute atomic E-state index is 10.1. The van der Waals surface area contributed by atoms with Gasteiger partial charge in [0.25, 0.3) is 0 Å². The molecule has 1 atom stereocenters. The second kappa shape index (κ2) is 3.74. The van der Waals surface area contributed by atoms with Crippen molar-refractivity contribution in [3.05, 3.63) is 28.5 Å². The molecule has 0 spiro atoms. The van der Waals surface area contributed by atoms with Crippen LogP contribution in [0.2, 0.25) is 0 Å². The third-order valence-electron chi connectivity index (χ3n) is 2.22. The van der Waals surface area contributed by atoms with Crippen molar-refractivity contribution in [1.29, 1.82) is 0 Å². The van der Waals surface area contributed by atoms with Crippen LogP contribution in [0.1, 0.15) is 17.5 Å². The molecule has 0 saturated heterocycles. The van der Waals surface area contributed by atoms with Crippen LogP contribution in [-0.4, -0.2) is 29.7 Å². The van der Waals surface area contributed by atoms with Gasteiger partial charge < -0.3 is 9.67 Å². The second-order valence-electron chi connectivity index (χ2n) is 3.22. The van der Waals surface area contributed by atoms with Crippen LogP contribution in [0.5, 0.6) is 0 Å². The number of aliphatic hydroxyl groups is 1. The van der Waals surface area contributed by atoms with Crippen LogP contribution in [0.4, 0.5) is 0 Å². The third-order valence-corrected chi connectivity index (χ3v) is 2.78. The molecule has 2 rings (SSSR count). The normalized spacial score (nSPS) is 13.1. The van der Waals surface area contributed by atoms with Gasteiger partial charge in [0.05, 0.1) is 18.2 Å². The lowest BCUT2D eigenvalue weighted by Crippen LogP contribution is -2.10. The van der Waals surface area contributed by atoms with E-state index in [1.165, 1.54) is 4.68 Å². The van der Waals surface area contributed by atoms with Gasteiger partial charge in [-0.25, -0.2) is 9.67 Å². The third kappa shape index (κ3) is 1.68. The van der Waals surface area contributed by atoms with Gasteiger partial charge in [-0.15, -0.1) is 5.10 Å². The minimum absolute atomic E-state index is 0.540. The minimum Gasteiger partial charge on any atom is -0.380 e. The minimum atomic E-state index is -0.785. The molecule has 2 heterocycles. The zero-order valence-electron chi connectivity index (χ0n) is 8.29. The van der Waals surface area contributed by atoms with Crippen molar-refractivity contribution in [2.45, 2.75) is 6.10 Å². The van der Waals surface area contributed by atoms with Crippen molar-refractivity contribution >= 4 is 15.9 Å². The Morgan fingerprint density at radius 3 is 2.67 bits per heavy atom. The Kier molecular flexibility index (Phi) is 2.57. The van der Waals surface area contributed by atoms with Gasteiger partial charge in [0, 0.05) is 14.1 Å². The SMILES string of the molecule is Cn1cncc1C(O)c1c(Br)nnn1C. The van der Waals surface area contributed by atoms with E-state index in [1.807, 2.05) is 7.05 Å². The van der Waals surface area contributed by atoms with Crippen molar-refractivity contribution < 1.29 is 5.11 Å². The van der Waals surface area contributed by atoms with Gasteiger partial charge in [0.1, 0.15) is 11.8 Å². The van der Waals surface area contributed by atoms with E-state index >= 15 is 0 Å². The summed E-state index contributed by atoms with van der Waals surface area (Å²) in [4.78, 5) is 3.95. The summed E-state index contributed by atoms with van der Waals surface area (Å²) in [6.45, 7) is 0. The number of hydrogen-bond donors (Lipinski definition) is 1. The highest BCUT2D eigenvalue weighted by Crippen LogP contribution is 2.25. The van der Waals surface area contributed by atoms with E-state index in [2.05, 4.69) is 31.2 Å². The van der Waals surface area contributed by atoms with Crippen molar-refractivity contribution in [2.24, 2.45) is 14.1 Å². The molecule has 80 valence electrons. The molecule has 0 amide bonds. The van der Waals surface area contributed by atoms with Gasteiger partial charge in [-0.2, -0.15) is 0 Å². The number of halogens is 1. The van der Waals surface area contributed by atoms with Gasteiger partial charge in [-0.05, 0) is 15.9 Å². The maximum Gasteiger partial charge on any atom is 0.154 e. The number of rotatable bonds is 2. The molecule has 0 aliphatic carbocycles. The molecule has 0 aliphatic heterocycles. The molecule has 0 radical (unpaired) electrons. The lowest BCUT2D eigenvalue weighted by atomic mass is 10.2. The lowest BCUT2D eigenvalue weighted by molar-refractivity contribution is 0.200. The van der Waals surface area contributed by atoms with E-state index in [0.29, 0.717) is 16.0 Å². The van der Waals surface area contributed by atoms with E-state index < -0.39 is 6.10 Å². The van der Waals surface area contributed by atoms with E-state index in [0.717, 1.165) is 0 Å². The number of hydrogen-bond acceptors (Lipinski definition) is 4. The first kappa shape index (κ1) is 10.3. The van der Waals surface area contributed by atoms with Crippen molar-refractivity contribution in [3.63, 3.8) is 0 Å². The zero-order chi connectivity index (χ0) is 11.0. The summed E-state index contributed by atoms with van der Waals surface area (Å²) in [5.41, 5.74) is 1.31. The predicted molar refractivity (Wildman–Crippen MR) is 56.0 cm³/mol. The fourth-order valence-electron chi connectivity index (χ4n) is 1.40. The molecule has 1 unspecified atom stereocenters. The van der Waals surface area contributed by atoms with Crippen LogP contribution >= 0.6 is 15.9 Å². The van der Waals surface area contributed by atoms with E-state index in [4.69, 9.17) is 0 Å². The summed E-state index contributed by atoms with van der Waals surface area (Å²) >= 11 is 3.24. The Balaban J connectivity index is 2.45. The molecule has 0 saturated carbocycles. The van der Waals surface area contributed by atoms with Gasteiger partial charge in [-0.1, -0.05) is 5.21 Å². The highest BCUT2D eigenvalue weighted by molar-refractivity contribution is 9.10. The Morgan fingerprint density at radius 1 is 1.47 bits per heavy atom. The van der Waals surface area contributed by atoms with E-state index in [1.54, 1.807) is 24.1 Å². The number of aryl methyl sites for hydroxylation is 2. The first-order chi connectivity index (χ1) is 7.11. The average Bonchev–Trinajstić information content (AvgIpc) is 2.73. The summed E-state index contributed by atoms with van der Waals surface area (Å²) in [5.74, 6) is 0. The Labute approximate surface area is 94.7 Å². The second-order valence-corrected chi connectivity index (χ2v) is 3.97. The van der Waals surface area contributed by atoms with Gasteiger partial charge in [0.2, 0.25) is 0 Å². The molecule has 0 aromatic carbocycles. The smallest absolute Gasteiger partial charge is 0.154 e. The lowest BCUT2D eigenvalue weighted by Gasteiger charge is -2.11. The number of imidazole rings is 1. The van der Waals surface area contributed by atoms with Crippen LogP contribution in [0, 0.1) is 0 Å². The topological polar surface area (TPSA) is 68.8 Å². The number of nitrogens with zero attached hydrogens (tertiary/aromatic N) is 5. The summed E-state index contributed by atoms with van der Waals surface area (Å²) in [6, 6.07) is 0. The van der Waals surface area contributed by atoms with Crippen LogP contribution < -0.4 is 0 Å². The molecular weight excluding hydrogens is 262 g/mol. The highest BCUT2D eigenvalue weighted by Gasteiger charge is 2.21. The van der Waals surface area contributed by atoms with Crippen LogP contribution in [0.3, 0.4) is 0 Å². The maximum atomic E-state index is 10.1. The quantitative estimate of drug-likeness (QED) is 0.858. The summed E-state index contributed by atoms with van der Waals surface area (Å²) in [5, 5.41) is 17.7. The summed E-state index contributed by atoms with van der Waals surface area (Å²) < 4.78 is 3.82. The summed E-state index contributed by atoms with van der Waals surface area (Å²) in [7, 11) is 3.55. The van der Waals surface area contributed by atoms with E-state index in [9.17, 15) is 5.11 Å². The Bertz CT molecular complexity index is 458. The largest absolute Gasteiger partial charge is 0.380 e. The molecule has 0 fully saturated rings. The standard InChI is InChI=1S/C8H10BrN5O/c1-13-4-10-3-5(13)7(15)6-8(9)11-12-14(6)2/h3-4,7,15H,1-2H3. The fourth-order valence-corrected chi connectivity index (χ4v) is 1.94. The van der Waals surface area contributed by atoms with Crippen LogP contribution in [0.25, 0.3) is 0 Å². The molecule has 1 N–H and O–H groups in total. The zero-order valence-corrected chi connectivity index (χ0v) is 9.88. The summed E-state index contributed by atoms with van der Waals surface area (Å²) in [6.07, 6.45) is 2.47. The molecule has 0 aliphatic rings. The van der Waals surface area contributed by atoms with E-state index in [-0.39, 0.29) is 0 Å². The monoisotopic (exact) mass is 271 g/mol. The van der Waals surface area contributed by atoms with Crippen LogP contribution in [0.15, 0.2) is 17.1 Å². The molecule has 2 aromatic heterocycles. The molecule has 7 heteroatoms. The van der Waals surface area contributed by atoms with Gasteiger partial charge >= 0.3 is 0 Å². The van der Waals surface area contributed by atoms with Gasteiger partial charge in [-0.3, -0.25) is 0 Å². The molecule has 0 bridgehead atoms. The average molecular weight is 272 g/mol. The first-order valence-electron chi connectivity index (χ1n) is 4.30. The van der Waals surface area contributed by atoms with Crippen LogP contribution in [-0.2, 0) is 14.1 Å². The molecule has 2 aromatic rings. The predicted octanol–water partition coefficient (Wildman–Crippen LogP) is 0.393. The van der Waals surface area contributed by atoms with Crippen molar-refractivity contribution in [3.8, 4) is 0 Å². The Morgan fingerprint density at radius 2 is 2.20 bits per heavy atom. The number of aromatic nitrogens is 5. The Hall–Kier alpha value is -1.21. The highest BCUT2D eigenvalue weighted by atomic mass is 79.9. The van der Waals surface area contributed by atoms with Crippen molar-refractivity contribution in [2.75, 3.05) is 0 Å². The molecule has 15 heavy (non-hydrogen) atoms. The fraction of sp³-hybridized carbons (Fsp3) is 0.375. The number of aliphatic hydroxyl groups excluding tert-OH is 1. The molecular formula is C8H10BrN5O. The van der Waals surface area contributed by atoms with Gasteiger partial charge in [0.15, 0.2) is 4.60 Å². The first-order valence-corrected chi connectivity index (χ1v) is 5.10. The van der Waals surface area contributed by atoms with Crippen molar-refractivity contribution in [1.82, 2.24) is 24.5 Å². The molecule has 6 nitrogen and oxygen atoms in total.